The molecule has 1 rings (SSSR count). The van der Waals surface area contributed by atoms with Crippen LogP contribution in [0.15, 0.2) is 22.8 Å². The number of carboxylic acids is 1. The summed E-state index contributed by atoms with van der Waals surface area (Å²) < 4.78 is 9.46. The molecule has 0 saturated carbocycles. The zero-order chi connectivity index (χ0) is 11.3. The summed E-state index contributed by atoms with van der Waals surface area (Å²) in [4.78, 5) is 21.8. The highest BCUT2D eigenvalue weighted by Gasteiger charge is 2.18. The number of carbonyl (C=O) groups excluding carboxylic acids is 1. The Morgan fingerprint density at radius 3 is 2.87 bits per heavy atom. The van der Waals surface area contributed by atoms with E-state index in [2.05, 4.69) is 10.1 Å². The molecule has 1 aromatic heterocycles. The van der Waals surface area contributed by atoms with Gasteiger partial charge in [0.05, 0.1) is 12.8 Å². The Hall–Kier alpha value is -1.82. The highest BCUT2D eigenvalue weighted by atomic mass is 16.5. The third kappa shape index (κ3) is 3.10. The smallest absolute Gasteiger partial charge is 0.334 e. The largest absolute Gasteiger partial charge is 0.479 e. The molecule has 1 aromatic rings. The fourth-order valence-corrected chi connectivity index (χ4v) is 0.952. The minimum Gasteiger partial charge on any atom is -0.479 e. The third-order valence-electron chi connectivity index (χ3n) is 1.75. The first-order chi connectivity index (χ1) is 7.15. The summed E-state index contributed by atoms with van der Waals surface area (Å²) in [5.41, 5.74) is 0. The topological polar surface area (TPSA) is 88.8 Å². The maximum absolute atomic E-state index is 11.3. The molecular weight excluding hydrogens is 202 g/mol. The predicted molar refractivity (Wildman–Crippen MR) is 49.5 cm³/mol. The van der Waals surface area contributed by atoms with Crippen LogP contribution < -0.4 is 5.32 Å². The fraction of sp³-hybridized carbons (Fsp3) is 0.333. The van der Waals surface area contributed by atoms with Crippen molar-refractivity contribution in [1.82, 2.24) is 5.32 Å². The van der Waals surface area contributed by atoms with E-state index in [1.807, 2.05) is 0 Å². The van der Waals surface area contributed by atoms with E-state index in [9.17, 15) is 9.59 Å². The van der Waals surface area contributed by atoms with E-state index >= 15 is 0 Å². The molecule has 1 atom stereocenters. The molecule has 82 valence electrons. The number of rotatable bonds is 5. The van der Waals surface area contributed by atoms with Gasteiger partial charge in [0.25, 0.3) is 5.91 Å². The number of furan rings is 1. The maximum Gasteiger partial charge on any atom is 0.334 e. The summed E-state index contributed by atoms with van der Waals surface area (Å²) in [6.45, 7) is -0.106. The zero-order valence-corrected chi connectivity index (χ0v) is 8.10. The molecule has 1 heterocycles. The van der Waals surface area contributed by atoms with Crippen molar-refractivity contribution in [2.24, 2.45) is 0 Å². The molecule has 0 bridgehead atoms. The van der Waals surface area contributed by atoms with E-state index in [-0.39, 0.29) is 12.3 Å². The molecular formula is C9H11NO5. The SMILES string of the molecule is COC(CNC(=O)c1ccco1)C(=O)O. The number of amides is 1. The molecule has 0 fully saturated rings. The Balaban J connectivity index is 2.43. The first kappa shape index (κ1) is 11.3. The van der Waals surface area contributed by atoms with Crippen LogP contribution in [0.5, 0.6) is 0 Å². The van der Waals surface area contributed by atoms with E-state index in [4.69, 9.17) is 9.52 Å². The van der Waals surface area contributed by atoms with Crippen LogP contribution in [-0.2, 0) is 9.53 Å². The van der Waals surface area contributed by atoms with E-state index in [1.165, 1.54) is 19.4 Å². The van der Waals surface area contributed by atoms with Crippen molar-refractivity contribution in [3.05, 3.63) is 24.2 Å². The molecule has 6 heteroatoms. The van der Waals surface area contributed by atoms with Crippen molar-refractivity contribution >= 4 is 11.9 Å². The van der Waals surface area contributed by atoms with Gasteiger partial charge in [-0.2, -0.15) is 0 Å². The number of hydrogen-bond donors (Lipinski definition) is 2. The number of hydrogen-bond acceptors (Lipinski definition) is 4. The number of carboxylic acid groups (broad SMARTS) is 1. The first-order valence-corrected chi connectivity index (χ1v) is 4.22. The zero-order valence-electron chi connectivity index (χ0n) is 8.10. The monoisotopic (exact) mass is 213 g/mol. The van der Waals surface area contributed by atoms with Gasteiger partial charge in [0.15, 0.2) is 11.9 Å². The van der Waals surface area contributed by atoms with Gasteiger partial charge in [0.2, 0.25) is 0 Å². The van der Waals surface area contributed by atoms with Gasteiger partial charge in [-0.3, -0.25) is 4.79 Å². The predicted octanol–water partition coefficient (Wildman–Crippen LogP) is 0.109. The molecule has 1 unspecified atom stereocenters. The van der Waals surface area contributed by atoms with E-state index in [0.717, 1.165) is 0 Å². The lowest BCUT2D eigenvalue weighted by molar-refractivity contribution is -0.148. The molecule has 0 radical (unpaired) electrons. The molecule has 0 aliphatic rings. The standard InChI is InChI=1S/C9H11NO5/c1-14-7(9(12)13)5-10-8(11)6-3-2-4-15-6/h2-4,7H,5H2,1H3,(H,10,11)(H,12,13). The van der Waals surface area contributed by atoms with Crippen LogP contribution in [0.1, 0.15) is 10.6 Å². The van der Waals surface area contributed by atoms with Crippen molar-refractivity contribution in [2.75, 3.05) is 13.7 Å². The van der Waals surface area contributed by atoms with Crippen molar-refractivity contribution in [3.63, 3.8) is 0 Å². The summed E-state index contributed by atoms with van der Waals surface area (Å²) in [5.74, 6) is -1.46. The number of methoxy groups -OCH3 is 1. The van der Waals surface area contributed by atoms with Gasteiger partial charge < -0.3 is 19.6 Å². The molecule has 15 heavy (non-hydrogen) atoms. The van der Waals surface area contributed by atoms with E-state index in [1.54, 1.807) is 6.07 Å². The second-order valence-electron chi connectivity index (χ2n) is 2.75. The molecule has 2 N–H and O–H groups in total. The Morgan fingerprint density at radius 2 is 2.40 bits per heavy atom. The number of aliphatic carboxylic acids is 1. The second-order valence-corrected chi connectivity index (χ2v) is 2.75. The van der Waals surface area contributed by atoms with E-state index < -0.39 is 18.0 Å². The third-order valence-corrected chi connectivity index (χ3v) is 1.75. The molecule has 6 nitrogen and oxygen atoms in total. The molecule has 0 aliphatic heterocycles. The summed E-state index contributed by atoms with van der Waals surface area (Å²) in [6.07, 6.45) is 0.309. The fourth-order valence-electron chi connectivity index (χ4n) is 0.952. The highest BCUT2D eigenvalue weighted by Crippen LogP contribution is 1.99. The Morgan fingerprint density at radius 1 is 1.67 bits per heavy atom. The maximum atomic E-state index is 11.3. The lowest BCUT2D eigenvalue weighted by Gasteiger charge is -2.10. The van der Waals surface area contributed by atoms with Gasteiger partial charge >= 0.3 is 5.97 Å². The number of ether oxygens (including phenoxy) is 1. The van der Waals surface area contributed by atoms with Crippen LogP contribution >= 0.6 is 0 Å². The van der Waals surface area contributed by atoms with Crippen LogP contribution in [0.25, 0.3) is 0 Å². The Labute approximate surface area is 85.8 Å². The van der Waals surface area contributed by atoms with Gasteiger partial charge in [0, 0.05) is 7.11 Å². The van der Waals surface area contributed by atoms with Crippen LogP contribution in [0.4, 0.5) is 0 Å². The first-order valence-electron chi connectivity index (χ1n) is 4.22. The summed E-state index contributed by atoms with van der Waals surface area (Å²) >= 11 is 0. The van der Waals surface area contributed by atoms with Crippen LogP contribution in [0.3, 0.4) is 0 Å². The van der Waals surface area contributed by atoms with Crippen LogP contribution in [-0.4, -0.2) is 36.7 Å². The summed E-state index contributed by atoms with van der Waals surface area (Å²) in [5, 5.41) is 11.0. The van der Waals surface area contributed by atoms with E-state index in [0.29, 0.717) is 0 Å². The Kier molecular flexibility index (Phi) is 3.87. The van der Waals surface area contributed by atoms with Crippen molar-refractivity contribution in [2.45, 2.75) is 6.10 Å². The molecule has 1 amide bonds. The average Bonchev–Trinajstić information content (AvgIpc) is 2.70. The second kappa shape index (κ2) is 5.16. The lowest BCUT2D eigenvalue weighted by atomic mass is 10.3. The number of carbonyl (C=O) groups is 2. The van der Waals surface area contributed by atoms with Gasteiger partial charge in [0.1, 0.15) is 0 Å². The number of nitrogens with one attached hydrogen (secondary N) is 1. The van der Waals surface area contributed by atoms with Gasteiger partial charge in [-0.1, -0.05) is 0 Å². The normalized spacial score (nSPS) is 12.1. The van der Waals surface area contributed by atoms with Gasteiger partial charge in [-0.05, 0) is 12.1 Å². The van der Waals surface area contributed by atoms with Gasteiger partial charge in [-0.25, -0.2) is 4.79 Å². The highest BCUT2D eigenvalue weighted by molar-refractivity contribution is 5.91. The molecule has 0 aliphatic carbocycles. The van der Waals surface area contributed by atoms with Crippen molar-refractivity contribution in [1.29, 1.82) is 0 Å². The van der Waals surface area contributed by atoms with Crippen LogP contribution in [0, 0.1) is 0 Å². The molecule has 0 aromatic carbocycles. The average molecular weight is 213 g/mol. The summed E-state index contributed by atoms with van der Waals surface area (Å²) in [7, 11) is 1.26. The minimum atomic E-state index is -1.13. The summed E-state index contributed by atoms with van der Waals surface area (Å²) in [6, 6.07) is 3.05. The van der Waals surface area contributed by atoms with Crippen molar-refractivity contribution in [3.8, 4) is 0 Å². The molecule has 0 spiro atoms. The Bertz CT molecular complexity index is 332. The quantitative estimate of drug-likeness (QED) is 0.724. The lowest BCUT2D eigenvalue weighted by Crippen LogP contribution is -2.37. The van der Waals surface area contributed by atoms with Crippen molar-refractivity contribution < 1.29 is 23.8 Å². The molecule has 0 saturated heterocycles. The minimum absolute atomic E-state index is 0.106. The van der Waals surface area contributed by atoms with Gasteiger partial charge in [-0.15, -0.1) is 0 Å². The van der Waals surface area contributed by atoms with Crippen LogP contribution in [0.2, 0.25) is 0 Å².